The maximum atomic E-state index is 11.1. The molecule has 0 spiro atoms. The molecule has 0 fully saturated rings. The summed E-state index contributed by atoms with van der Waals surface area (Å²) < 4.78 is 31.2. The molecule has 0 aromatic heterocycles. The second-order valence-electron chi connectivity index (χ2n) is 6.22. The molecule has 2 rings (SSSR count). The van der Waals surface area contributed by atoms with E-state index in [0.717, 1.165) is 12.0 Å². The van der Waals surface area contributed by atoms with Gasteiger partial charge in [0, 0.05) is 9.52 Å². The quantitative estimate of drug-likeness (QED) is 0.653. The highest BCUT2D eigenvalue weighted by Gasteiger charge is 2.21. The van der Waals surface area contributed by atoms with Gasteiger partial charge in [-0.2, -0.15) is 8.42 Å². The first-order valence-corrected chi connectivity index (χ1v) is 10.6. The lowest BCUT2D eigenvalue weighted by Gasteiger charge is -2.25. The van der Waals surface area contributed by atoms with Gasteiger partial charge < -0.3 is 0 Å². The van der Waals surface area contributed by atoms with Gasteiger partial charge in [0.2, 0.25) is 0 Å². The number of aryl methyl sites for hydroxylation is 1. The Bertz CT molecular complexity index is 707. The van der Waals surface area contributed by atoms with Crippen LogP contribution in [-0.2, 0) is 21.6 Å². The van der Waals surface area contributed by atoms with Crippen molar-refractivity contribution in [2.45, 2.75) is 36.2 Å². The average Bonchev–Trinajstić information content (AvgIpc) is 2.47. The molecule has 0 radical (unpaired) electrons. The summed E-state index contributed by atoms with van der Waals surface area (Å²) in [6.07, 6.45) is 1.10. The third-order valence-electron chi connectivity index (χ3n) is 4.04. The highest BCUT2D eigenvalue weighted by Crippen LogP contribution is 2.25. The summed E-state index contributed by atoms with van der Waals surface area (Å²) in [6.45, 7) is 4.43. The van der Waals surface area contributed by atoms with E-state index in [0.29, 0.717) is 0 Å². The van der Waals surface area contributed by atoms with E-state index in [1.165, 1.54) is 23.7 Å². The number of hydrogen-bond acceptors (Lipinski definition) is 2. The molecule has 3 nitrogen and oxygen atoms in total. The van der Waals surface area contributed by atoms with Gasteiger partial charge in [0.05, 0.1) is 4.90 Å². The summed E-state index contributed by atoms with van der Waals surface area (Å²) in [6, 6.07) is 18.3. The van der Waals surface area contributed by atoms with Crippen LogP contribution in [0.2, 0.25) is 6.04 Å². The molecular formula is C17H22O3SSi. The molecule has 0 aliphatic heterocycles. The van der Waals surface area contributed by atoms with Crippen molar-refractivity contribution in [2.75, 3.05) is 0 Å². The molecule has 2 aromatic carbocycles. The average molecular weight is 335 g/mol. The third-order valence-corrected chi connectivity index (χ3v) is 7.28. The van der Waals surface area contributed by atoms with Gasteiger partial charge in [0.1, 0.15) is 0 Å². The van der Waals surface area contributed by atoms with Crippen LogP contribution in [0.5, 0.6) is 0 Å². The van der Waals surface area contributed by atoms with Gasteiger partial charge in [-0.15, -0.1) is 0 Å². The molecule has 0 saturated carbocycles. The van der Waals surface area contributed by atoms with Crippen LogP contribution in [0.1, 0.15) is 25.0 Å². The van der Waals surface area contributed by atoms with Gasteiger partial charge in [-0.1, -0.05) is 62.4 Å². The molecule has 22 heavy (non-hydrogen) atoms. The first-order valence-electron chi connectivity index (χ1n) is 7.41. The Morgan fingerprint density at radius 3 is 2.14 bits per heavy atom. The molecule has 0 unspecified atom stereocenters. The van der Waals surface area contributed by atoms with Crippen LogP contribution in [0.15, 0.2) is 59.5 Å². The third kappa shape index (κ3) is 4.53. The number of rotatable bonds is 6. The van der Waals surface area contributed by atoms with Crippen LogP contribution < -0.4 is 0 Å². The Morgan fingerprint density at radius 1 is 1.00 bits per heavy atom. The maximum Gasteiger partial charge on any atom is 0.294 e. The zero-order valence-corrected chi connectivity index (χ0v) is 15.2. The van der Waals surface area contributed by atoms with Crippen LogP contribution >= 0.6 is 0 Å². The fraction of sp³-hybridized carbons (Fsp3) is 0.294. The largest absolute Gasteiger partial charge is 0.294 e. The minimum Gasteiger partial charge on any atom is -0.282 e. The molecule has 2 aromatic rings. The number of hydrogen-bond donors (Lipinski definition) is 1. The summed E-state index contributed by atoms with van der Waals surface area (Å²) >= 11 is 0. The molecule has 0 bridgehead atoms. The topological polar surface area (TPSA) is 54.4 Å². The van der Waals surface area contributed by atoms with Crippen LogP contribution in [-0.4, -0.2) is 22.5 Å². The highest BCUT2D eigenvalue weighted by atomic mass is 32.2. The standard InChI is InChI=1S/C17H22O3SSi/c1-17(2,22-13-12-14-6-4-3-5-7-14)15-8-10-16(11-9-15)21(18,19)20/h3-11H,12-13,22H2,1-2H3,(H,18,19,20). The molecule has 1 N–H and O–H groups in total. The second-order valence-corrected chi connectivity index (χ2v) is 10.6. The molecule has 0 aliphatic carbocycles. The lowest BCUT2D eigenvalue weighted by molar-refractivity contribution is 0.483. The van der Waals surface area contributed by atoms with Gasteiger partial charge in [0.15, 0.2) is 0 Å². The first kappa shape index (κ1) is 16.9. The van der Waals surface area contributed by atoms with E-state index in [1.807, 2.05) is 18.2 Å². The van der Waals surface area contributed by atoms with E-state index >= 15 is 0 Å². The zero-order chi connectivity index (χ0) is 16.2. The molecule has 0 aliphatic rings. The predicted molar refractivity (Wildman–Crippen MR) is 92.8 cm³/mol. The summed E-state index contributed by atoms with van der Waals surface area (Å²) in [4.78, 5) is -0.0435. The van der Waals surface area contributed by atoms with Crippen molar-refractivity contribution < 1.29 is 13.0 Å². The van der Waals surface area contributed by atoms with Gasteiger partial charge in [0.25, 0.3) is 10.1 Å². The van der Waals surface area contributed by atoms with Gasteiger partial charge in [-0.3, -0.25) is 4.55 Å². The van der Waals surface area contributed by atoms with Crippen molar-refractivity contribution in [1.29, 1.82) is 0 Å². The van der Waals surface area contributed by atoms with E-state index < -0.39 is 10.1 Å². The Hall–Kier alpha value is -1.43. The molecule has 0 saturated heterocycles. The van der Waals surface area contributed by atoms with E-state index in [4.69, 9.17) is 4.55 Å². The second kappa shape index (κ2) is 6.77. The minimum atomic E-state index is -4.11. The Morgan fingerprint density at radius 2 is 1.59 bits per heavy atom. The molecule has 118 valence electrons. The summed E-state index contributed by atoms with van der Waals surface area (Å²) in [5.41, 5.74) is 2.51. The van der Waals surface area contributed by atoms with Crippen molar-refractivity contribution in [3.8, 4) is 0 Å². The van der Waals surface area contributed by atoms with E-state index in [-0.39, 0.29) is 19.5 Å². The monoisotopic (exact) mass is 334 g/mol. The Kier molecular flexibility index (Phi) is 5.21. The Balaban J connectivity index is 2.00. The van der Waals surface area contributed by atoms with Gasteiger partial charge in [-0.25, -0.2) is 0 Å². The van der Waals surface area contributed by atoms with Crippen molar-refractivity contribution >= 4 is 19.6 Å². The van der Waals surface area contributed by atoms with Crippen molar-refractivity contribution in [1.82, 2.24) is 0 Å². The summed E-state index contributed by atoms with van der Waals surface area (Å²) in [7, 11) is -4.47. The lowest BCUT2D eigenvalue weighted by Crippen LogP contribution is -2.26. The summed E-state index contributed by atoms with van der Waals surface area (Å²) in [5, 5.41) is 0.104. The van der Waals surface area contributed by atoms with Crippen LogP contribution in [0.3, 0.4) is 0 Å². The van der Waals surface area contributed by atoms with E-state index in [2.05, 4.69) is 38.1 Å². The molecule has 5 heteroatoms. The molecule has 0 amide bonds. The molecule has 0 heterocycles. The van der Waals surface area contributed by atoms with Crippen molar-refractivity contribution in [3.63, 3.8) is 0 Å². The maximum absolute atomic E-state index is 11.1. The normalized spacial score (nSPS) is 12.9. The van der Waals surface area contributed by atoms with Crippen molar-refractivity contribution in [3.05, 3.63) is 65.7 Å². The number of benzene rings is 2. The lowest BCUT2D eigenvalue weighted by atomic mass is 10.0. The van der Waals surface area contributed by atoms with E-state index in [1.54, 1.807) is 0 Å². The molecule has 0 atom stereocenters. The molecular weight excluding hydrogens is 312 g/mol. The van der Waals surface area contributed by atoms with E-state index in [9.17, 15) is 8.42 Å². The highest BCUT2D eigenvalue weighted by molar-refractivity contribution is 7.85. The van der Waals surface area contributed by atoms with Gasteiger partial charge in [-0.05, 0) is 34.7 Å². The fourth-order valence-corrected chi connectivity index (χ4v) is 5.07. The first-order chi connectivity index (χ1) is 10.3. The Labute approximate surface area is 135 Å². The fourth-order valence-electron chi connectivity index (χ4n) is 2.60. The minimum absolute atomic E-state index is 0.0435. The van der Waals surface area contributed by atoms with Gasteiger partial charge >= 0.3 is 0 Å². The van der Waals surface area contributed by atoms with Crippen LogP contribution in [0.4, 0.5) is 0 Å². The predicted octanol–water partition coefficient (Wildman–Crippen LogP) is 3.00. The zero-order valence-electron chi connectivity index (χ0n) is 13.0. The summed E-state index contributed by atoms with van der Waals surface area (Å²) in [5.74, 6) is 0. The van der Waals surface area contributed by atoms with Crippen molar-refractivity contribution in [2.24, 2.45) is 0 Å². The SMILES string of the molecule is CC(C)([SiH2]CCc1ccccc1)c1ccc(S(=O)(=O)O)cc1. The smallest absolute Gasteiger partial charge is 0.282 e. The van der Waals surface area contributed by atoms with Crippen LogP contribution in [0.25, 0.3) is 0 Å². The van der Waals surface area contributed by atoms with Crippen LogP contribution in [0, 0.1) is 0 Å².